The first-order chi connectivity index (χ1) is 19.6. The zero-order chi connectivity index (χ0) is 31.7. The summed E-state index contributed by atoms with van der Waals surface area (Å²) in [5.41, 5.74) is 0.103. The molecule has 1 aromatic heterocycles. The quantitative estimate of drug-likeness (QED) is 0.165. The van der Waals surface area contributed by atoms with Crippen molar-refractivity contribution >= 4 is 54.6 Å². The molecule has 0 spiro atoms. The number of rotatable bonds is 13. The van der Waals surface area contributed by atoms with Crippen LogP contribution in [0.25, 0.3) is 0 Å². The van der Waals surface area contributed by atoms with Crippen LogP contribution in [0, 0.1) is 0 Å². The van der Waals surface area contributed by atoms with Crippen molar-refractivity contribution in [3.63, 3.8) is 0 Å². The smallest absolute Gasteiger partial charge is 0.407 e. The molecule has 42 heavy (non-hydrogen) atoms. The number of anilines is 1. The van der Waals surface area contributed by atoms with E-state index in [1.165, 1.54) is 18.3 Å². The molecule has 14 nitrogen and oxygen atoms in total. The number of nitrogens with one attached hydrogen (secondary N) is 3. The second-order valence-electron chi connectivity index (χ2n) is 11.3. The number of ether oxygens (including phenoxy) is 3. The minimum Gasteiger partial charge on any atom is -0.467 e. The number of nitrogens with zero attached hydrogens (tertiary/aromatic N) is 2. The molecule has 3 amide bonds. The van der Waals surface area contributed by atoms with Gasteiger partial charge in [0, 0.05) is 25.4 Å². The lowest BCUT2D eigenvalue weighted by Crippen LogP contribution is -2.56. The van der Waals surface area contributed by atoms with Crippen LogP contribution < -0.4 is 20.9 Å². The molecule has 3 atom stereocenters. The Hall–Kier alpha value is -3.24. The van der Waals surface area contributed by atoms with Crippen molar-refractivity contribution in [3.8, 4) is 0 Å². The molecule has 236 valence electrons. The van der Waals surface area contributed by atoms with Crippen molar-refractivity contribution in [2.45, 2.75) is 77.3 Å². The highest BCUT2D eigenvalue weighted by Gasteiger charge is 2.39. The van der Waals surface area contributed by atoms with Gasteiger partial charge >= 0.3 is 18.0 Å². The highest BCUT2D eigenvalue weighted by atomic mass is 32.1. The summed E-state index contributed by atoms with van der Waals surface area (Å²) in [7, 11) is -1.19. The Labute approximate surface area is 251 Å². The molecule has 1 aliphatic heterocycles. The van der Waals surface area contributed by atoms with Crippen LogP contribution in [0.3, 0.4) is 0 Å². The molecular formula is C26H43N5O9SSi. The lowest BCUT2D eigenvalue weighted by Gasteiger charge is -2.37. The number of carbonyl (C=O) groups excluding carboxylic acids is 5. The van der Waals surface area contributed by atoms with E-state index in [2.05, 4.69) is 20.9 Å². The van der Waals surface area contributed by atoms with Gasteiger partial charge in [-0.1, -0.05) is 20.8 Å². The first-order valence-electron chi connectivity index (χ1n) is 13.7. The number of aromatic nitrogens is 1. The topological polar surface area (TPSA) is 174 Å². The van der Waals surface area contributed by atoms with Crippen LogP contribution in [0.4, 0.5) is 9.93 Å². The summed E-state index contributed by atoms with van der Waals surface area (Å²) in [6, 6.07) is -2.58. The number of alkyl carbamates (subject to hydrolysis) is 1. The first-order valence-corrected chi connectivity index (χ1v) is 17.5. The third-order valence-electron chi connectivity index (χ3n) is 7.08. The zero-order valence-electron chi connectivity index (χ0n) is 25.5. The van der Waals surface area contributed by atoms with Gasteiger partial charge in [-0.05, 0) is 31.5 Å². The molecule has 3 N–H and O–H groups in total. The summed E-state index contributed by atoms with van der Waals surface area (Å²) >= 11 is 1.27. The summed E-state index contributed by atoms with van der Waals surface area (Å²) in [5, 5.41) is 9.99. The molecular weight excluding hydrogens is 586 g/mol. The molecule has 1 aromatic rings. The third kappa shape index (κ3) is 10.2. The molecule has 0 bridgehead atoms. The molecule has 0 saturated carbocycles. The lowest BCUT2D eigenvalue weighted by atomic mass is 10.2. The van der Waals surface area contributed by atoms with Crippen molar-refractivity contribution in [1.29, 1.82) is 0 Å². The summed E-state index contributed by atoms with van der Waals surface area (Å²) in [4.78, 5) is 68.2. The van der Waals surface area contributed by atoms with Gasteiger partial charge in [0.15, 0.2) is 19.5 Å². The Bertz CT molecular complexity index is 1120. The molecule has 1 fully saturated rings. The van der Waals surface area contributed by atoms with Crippen molar-refractivity contribution < 1.29 is 42.6 Å². The number of thiazole rings is 1. The average Bonchev–Trinajstić information content (AvgIpc) is 3.57. The van der Waals surface area contributed by atoms with E-state index in [9.17, 15) is 24.0 Å². The van der Waals surface area contributed by atoms with Gasteiger partial charge in [-0.25, -0.2) is 14.6 Å². The molecule has 0 unspecified atom stereocenters. The molecule has 0 radical (unpaired) electrons. The number of methoxy groups -OCH3 is 1. The van der Waals surface area contributed by atoms with E-state index >= 15 is 0 Å². The Morgan fingerprint density at radius 3 is 2.40 bits per heavy atom. The van der Waals surface area contributed by atoms with E-state index in [1.807, 2.05) is 38.8 Å². The summed E-state index contributed by atoms with van der Waals surface area (Å²) < 4.78 is 20.8. The summed E-state index contributed by atoms with van der Waals surface area (Å²) in [6.45, 7) is 13.9. The fourth-order valence-electron chi connectivity index (χ4n) is 3.61. The Balaban J connectivity index is 2.16. The van der Waals surface area contributed by atoms with E-state index in [0.717, 1.165) is 7.11 Å². The van der Waals surface area contributed by atoms with Gasteiger partial charge in [0.2, 0.25) is 5.91 Å². The van der Waals surface area contributed by atoms with E-state index in [1.54, 1.807) is 12.3 Å². The fourth-order valence-corrected chi connectivity index (χ4v) is 5.47. The van der Waals surface area contributed by atoms with Gasteiger partial charge in [0.1, 0.15) is 18.3 Å². The monoisotopic (exact) mass is 629 g/mol. The summed E-state index contributed by atoms with van der Waals surface area (Å²) in [6.07, 6.45) is 0.219. The van der Waals surface area contributed by atoms with E-state index in [0.29, 0.717) is 24.6 Å². The third-order valence-corrected chi connectivity index (χ3v) is 12.5. The predicted molar refractivity (Wildman–Crippen MR) is 158 cm³/mol. The molecule has 1 aliphatic rings. The maximum absolute atomic E-state index is 13.3. The number of esters is 2. The van der Waals surface area contributed by atoms with Crippen LogP contribution in [0.15, 0.2) is 5.38 Å². The van der Waals surface area contributed by atoms with Crippen LogP contribution in [0.5, 0.6) is 0 Å². The molecule has 16 heteroatoms. The van der Waals surface area contributed by atoms with Gasteiger partial charge in [-0.2, -0.15) is 0 Å². The maximum atomic E-state index is 13.3. The van der Waals surface area contributed by atoms with Crippen molar-refractivity contribution in [2.24, 2.45) is 0 Å². The van der Waals surface area contributed by atoms with E-state index < -0.39 is 56.9 Å². The SMILES string of the molecule is CCOC(=O)N[C@@H]1CCN(c2nc(C(=O)N[C@@H](CO[Si](C)(C)C(C)(C)C)C(=O)N[C@@H](COC(C)=O)C(=O)OC)cs2)C1. The second-order valence-corrected chi connectivity index (χ2v) is 16.9. The molecule has 1 saturated heterocycles. The largest absolute Gasteiger partial charge is 0.467 e. The van der Waals surface area contributed by atoms with Gasteiger partial charge < -0.3 is 39.5 Å². The van der Waals surface area contributed by atoms with Crippen molar-refractivity contribution in [1.82, 2.24) is 20.9 Å². The zero-order valence-corrected chi connectivity index (χ0v) is 27.3. The molecule has 0 aliphatic carbocycles. The molecule has 2 rings (SSSR count). The second kappa shape index (κ2) is 15.3. The van der Waals surface area contributed by atoms with Crippen LogP contribution in [0.2, 0.25) is 18.1 Å². The predicted octanol–water partition coefficient (Wildman–Crippen LogP) is 1.81. The normalized spacial score (nSPS) is 16.7. The Morgan fingerprint density at radius 1 is 1.12 bits per heavy atom. The number of carbonyl (C=O) groups is 5. The van der Waals surface area contributed by atoms with Gasteiger partial charge in [-0.15, -0.1) is 11.3 Å². The van der Waals surface area contributed by atoms with Crippen LogP contribution >= 0.6 is 11.3 Å². The first kappa shape index (κ1) is 35.0. The lowest BCUT2D eigenvalue weighted by molar-refractivity contribution is -0.151. The highest BCUT2D eigenvalue weighted by molar-refractivity contribution is 7.14. The minimum absolute atomic E-state index is 0.103. The highest BCUT2D eigenvalue weighted by Crippen LogP contribution is 2.36. The van der Waals surface area contributed by atoms with Crippen LogP contribution in [0.1, 0.15) is 51.5 Å². The van der Waals surface area contributed by atoms with Gasteiger partial charge in [-0.3, -0.25) is 14.4 Å². The molecule has 0 aromatic carbocycles. The number of hydrogen-bond donors (Lipinski definition) is 3. The van der Waals surface area contributed by atoms with E-state index in [-0.39, 0.29) is 30.0 Å². The van der Waals surface area contributed by atoms with Crippen molar-refractivity contribution in [3.05, 3.63) is 11.1 Å². The summed E-state index contributed by atoms with van der Waals surface area (Å²) in [5.74, 6) is -2.77. The van der Waals surface area contributed by atoms with E-state index in [4.69, 9.17) is 18.6 Å². The van der Waals surface area contributed by atoms with Crippen molar-refractivity contribution in [2.75, 3.05) is 44.9 Å². The van der Waals surface area contributed by atoms with Crippen LogP contribution in [-0.4, -0.2) is 101 Å². The van der Waals surface area contributed by atoms with Gasteiger partial charge in [0.05, 0.1) is 26.4 Å². The van der Waals surface area contributed by atoms with Gasteiger partial charge in [0.25, 0.3) is 5.91 Å². The Kier molecular flexibility index (Phi) is 12.7. The minimum atomic E-state index is -2.33. The number of amides is 3. The van der Waals surface area contributed by atoms with Crippen LogP contribution in [-0.2, 0) is 33.0 Å². The Morgan fingerprint density at radius 2 is 1.81 bits per heavy atom. The average molecular weight is 630 g/mol. The maximum Gasteiger partial charge on any atom is 0.407 e. The fraction of sp³-hybridized carbons (Fsp3) is 0.692. The number of hydrogen-bond acceptors (Lipinski definition) is 12. The standard InChI is InChI=1S/C26H43N5O9SSi/c1-9-38-25(36)27-17-10-11-31(12-17)24-30-20(15-41-24)22(34)28-18(14-40-42(7,8)26(3,4)5)21(33)29-19(23(35)37-6)13-39-16(2)32/h15,17-19H,9-14H2,1-8H3,(H,27,36)(H,28,34)(H,29,33)/t17-,18+,19+/m1/s1. The molecule has 2 heterocycles.